The number of rotatable bonds is 6. The minimum absolute atomic E-state index is 0.104. The maximum Gasteiger partial charge on any atom is 0.268 e. The van der Waals surface area contributed by atoms with E-state index in [1.807, 2.05) is 6.07 Å². The van der Waals surface area contributed by atoms with Crippen LogP contribution in [0.1, 0.15) is 39.3 Å². The molecule has 0 aliphatic heterocycles. The highest BCUT2D eigenvalue weighted by Gasteiger charge is 2.26. The van der Waals surface area contributed by atoms with Crippen LogP contribution in [0.2, 0.25) is 0 Å². The van der Waals surface area contributed by atoms with Crippen LogP contribution in [0.3, 0.4) is 0 Å². The number of hydrogen-bond donors (Lipinski definition) is 1. The number of benzene rings is 3. The third kappa shape index (κ3) is 4.91. The van der Waals surface area contributed by atoms with Crippen molar-refractivity contribution < 1.29 is 23.5 Å². The molecule has 204 valence electrons. The van der Waals surface area contributed by atoms with Gasteiger partial charge in [-0.05, 0) is 55.3 Å². The van der Waals surface area contributed by atoms with E-state index in [1.54, 1.807) is 49.6 Å². The van der Waals surface area contributed by atoms with Crippen LogP contribution in [0, 0.1) is 5.82 Å². The first kappa shape index (κ1) is 25.9. The molecule has 6 rings (SSSR count). The van der Waals surface area contributed by atoms with Crippen molar-refractivity contribution in [2.75, 3.05) is 12.4 Å². The Balaban J connectivity index is 1.30. The van der Waals surface area contributed by atoms with Crippen LogP contribution in [0.15, 0.2) is 83.9 Å². The summed E-state index contributed by atoms with van der Waals surface area (Å²) in [6.07, 6.45) is 2.79. The maximum absolute atomic E-state index is 15.1. The zero-order valence-electron chi connectivity index (χ0n) is 21.9. The molecule has 1 amide bonds. The molecule has 0 bridgehead atoms. The summed E-state index contributed by atoms with van der Waals surface area (Å²) in [5.74, 6) is -1.02. The number of nitrogens with one attached hydrogen (secondary N) is 1. The largest absolute Gasteiger partial charge is 0.497 e. The number of fused-ring (bicyclic) bond motifs is 2. The normalized spacial score (nSPS) is 12.6. The number of carbonyl (C=O) groups excluding carboxylic acids is 2. The SMILES string of the molecule is COc1ccc2c(Oc3ccc(NC(=O)c4cc5c(n(-c6ccccc6)c4=O)CCCC5=O)cc3F)ncnc2c1. The molecule has 5 aromatic rings. The quantitative estimate of drug-likeness (QED) is 0.297. The van der Waals surface area contributed by atoms with Gasteiger partial charge in [0.2, 0.25) is 5.88 Å². The molecule has 0 saturated heterocycles. The van der Waals surface area contributed by atoms with Crippen molar-refractivity contribution in [2.45, 2.75) is 19.3 Å². The highest BCUT2D eigenvalue weighted by Crippen LogP contribution is 2.31. The zero-order chi connectivity index (χ0) is 28.5. The third-order valence-corrected chi connectivity index (χ3v) is 6.88. The number of pyridine rings is 1. The van der Waals surface area contributed by atoms with Crippen molar-refractivity contribution in [1.82, 2.24) is 14.5 Å². The molecular formula is C31H23FN4O5. The number of amides is 1. The fourth-order valence-electron chi connectivity index (χ4n) is 4.89. The summed E-state index contributed by atoms with van der Waals surface area (Å²) in [5, 5.41) is 3.13. The fraction of sp³-hybridized carbons (Fsp3) is 0.129. The number of Topliss-reactive ketones (excluding diaryl/α,β-unsaturated/α-hetero) is 1. The van der Waals surface area contributed by atoms with E-state index < -0.39 is 17.3 Å². The van der Waals surface area contributed by atoms with Crippen molar-refractivity contribution in [3.8, 4) is 23.1 Å². The molecule has 0 spiro atoms. The van der Waals surface area contributed by atoms with E-state index in [2.05, 4.69) is 15.3 Å². The Labute approximate surface area is 233 Å². The van der Waals surface area contributed by atoms with Gasteiger partial charge in [0.1, 0.15) is 17.6 Å². The van der Waals surface area contributed by atoms with Crippen molar-refractivity contribution in [2.24, 2.45) is 0 Å². The Hall–Kier alpha value is -5.38. The Morgan fingerprint density at radius 3 is 2.59 bits per heavy atom. The van der Waals surface area contributed by atoms with E-state index in [0.717, 1.165) is 6.07 Å². The van der Waals surface area contributed by atoms with Gasteiger partial charge in [-0.25, -0.2) is 14.4 Å². The van der Waals surface area contributed by atoms with Crippen LogP contribution in [-0.2, 0) is 6.42 Å². The molecule has 0 atom stereocenters. The highest BCUT2D eigenvalue weighted by atomic mass is 19.1. The molecule has 2 heterocycles. The summed E-state index contributed by atoms with van der Waals surface area (Å²) < 4.78 is 27.5. The van der Waals surface area contributed by atoms with Gasteiger partial charge in [0.25, 0.3) is 11.5 Å². The molecule has 3 aromatic carbocycles. The summed E-state index contributed by atoms with van der Waals surface area (Å²) in [5.41, 5.74) is 1.37. The van der Waals surface area contributed by atoms with E-state index in [4.69, 9.17) is 9.47 Å². The molecule has 1 N–H and O–H groups in total. The van der Waals surface area contributed by atoms with Gasteiger partial charge < -0.3 is 14.8 Å². The molecular weight excluding hydrogens is 527 g/mol. The number of carbonyl (C=O) groups is 2. The van der Waals surface area contributed by atoms with Crippen LogP contribution in [-0.4, -0.2) is 33.3 Å². The lowest BCUT2D eigenvalue weighted by atomic mass is 9.92. The van der Waals surface area contributed by atoms with Crippen LogP contribution >= 0.6 is 0 Å². The topological polar surface area (TPSA) is 112 Å². The molecule has 2 aromatic heterocycles. The summed E-state index contributed by atoms with van der Waals surface area (Å²) in [6.45, 7) is 0. The summed E-state index contributed by atoms with van der Waals surface area (Å²) >= 11 is 0. The highest BCUT2D eigenvalue weighted by molar-refractivity contribution is 6.07. The van der Waals surface area contributed by atoms with Crippen LogP contribution in [0.4, 0.5) is 10.1 Å². The third-order valence-electron chi connectivity index (χ3n) is 6.88. The van der Waals surface area contributed by atoms with Crippen molar-refractivity contribution in [3.63, 3.8) is 0 Å². The number of nitrogens with zero attached hydrogens (tertiary/aromatic N) is 3. The Bertz CT molecular complexity index is 1890. The lowest BCUT2D eigenvalue weighted by Gasteiger charge is -2.21. The molecule has 0 fully saturated rings. The first-order chi connectivity index (χ1) is 19.9. The average molecular weight is 551 g/mol. The number of ketones is 1. The number of aromatic nitrogens is 3. The number of methoxy groups -OCH3 is 1. The van der Waals surface area contributed by atoms with Gasteiger partial charge in [-0.3, -0.25) is 19.0 Å². The molecule has 1 aliphatic carbocycles. The van der Waals surface area contributed by atoms with Gasteiger partial charge in [-0.1, -0.05) is 18.2 Å². The van der Waals surface area contributed by atoms with E-state index in [-0.39, 0.29) is 28.7 Å². The first-order valence-corrected chi connectivity index (χ1v) is 12.9. The molecule has 0 unspecified atom stereocenters. The molecule has 0 saturated carbocycles. The first-order valence-electron chi connectivity index (χ1n) is 12.9. The van der Waals surface area contributed by atoms with E-state index in [1.165, 1.54) is 29.1 Å². The zero-order valence-corrected chi connectivity index (χ0v) is 21.9. The predicted octanol–water partition coefficient (Wildman–Crippen LogP) is 5.49. The number of para-hydroxylation sites is 1. The lowest BCUT2D eigenvalue weighted by Crippen LogP contribution is -2.33. The summed E-state index contributed by atoms with van der Waals surface area (Å²) in [6, 6.07) is 19.2. The van der Waals surface area contributed by atoms with Gasteiger partial charge in [0, 0.05) is 41.2 Å². The standard InChI is InChI=1S/C31H23FN4O5/c1-40-20-11-12-21-25(15-20)33-17-34-30(21)41-28-13-10-18(14-24(28)32)35-29(38)23-16-22-26(8-5-9-27(22)37)36(31(23)39)19-6-3-2-4-7-19/h2-4,6-7,10-17H,5,8-9H2,1H3,(H,35,38). The second-order valence-corrected chi connectivity index (χ2v) is 9.43. The monoisotopic (exact) mass is 550 g/mol. The summed E-state index contributed by atoms with van der Waals surface area (Å²) in [4.78, 5) is 47.9. The van der Waals surface area contributed by atoms with Crippen LogP contribution in [0.5, 0.6) is 17.4 Å². The molecule has 9 nitrogen and oxygen atoms in total. The van der Waals surface area contributed by atoms with Crippen LogP contribution < -0.4 is 20.3 Å². The van der Waals surface area contributed by atoms with Crippen LogP contribution in [0.25, 0.3) is 16.6 Å². The predicted molar refractivity (Wildman–Crippen MR) is 150 cm³/mol. The van der Waals surface area contributed by atoms with Crippen molar-refractivity contribution in [3.05, 3.63) is 112 Å². The van der Waals surface area contributed by atoms with Gasteiger partial charge in [-0.15, -0.1) is 0 Å². The van der Waals surface area contributed by atoms with Gasteiger partial charge in [0.05, 0.1) is 18.0 Å². The minimum atomic E-state index is -0.760. The molecule has 1 aliphatic rings. The second kappa shape index (κ2) is 10.6. The summed E-state index contributed by atoms with van der Waals surface area (Å²) in [7, 11) is 1.54. The van der Waals surface area contributed by atoms with E-state index >= 15 is 4.39 Å². The molecule has 10 heteroatoms. The van der Waals surface area contributed by atoms with E-state index in [0.29, 0.717) is 52.9 Å². The average Bonchev–Trinajstić information content (AvgIpc) is 2.98. The Morgan fingerprint density at radius 2 is 1.80 bits per heavy atom. The minimum Gasteiger partial charge on any atom is -0.497 e. The fourth-order valence-corrected chi connectivity index (χ4v) is 4.89. The molecule has 0 radical (unpaired) electrons. The van der Waals surface area contributed by atoms with Crippen molar-refractivity contribution in [1.29, 1.82) is 0 Å². The van der Waals surface area contributed by atoms with Gasteiger partial charge in [-0.2, -0.15) is 0 Å². The number of anilines is 1. The smallest absolute Gasteiger partial charge is 0.268 e. The maximum atomic E-state index is 15.1. The Kier molecular flexibility index (Phi) is 6.72. The molecule has 41 heavy (non-hydrogen) atoms. The second-order valence-electron chi connectivity index (χ2n) is 9.43. The van der Waals surface area contributed by atoms with Crippen molar-refractivity contribution >= 4 is 28.3 Å². The van der Waals surface area contributed by atoms with Gasteiger partial charge in [0.15, 0.2) is 17.3 Å². The lowest BCUT2D eigenvalue weighted by molar-refractivity contribution is 0.0971. The number of hydrogen-bond acceptors (Lipinski definition) is 7. The van der Waals surface area contributed by atoms with E-state index in [9.17, 15) is 14.4 Å². The number of halogens is 1. The Morgan fingerprint density at radius 1 is 0.976 bits per heavy atom. The number of ether oxygens (including phenoxy) is 2. The van der Waals surface area contributed by atoms with Gasteiger partial charge >= 0.3 is 0 Å².